The van der Waals surface area contributed by atoms with Gasteiger partial charge in [-0.2, -0.15) is 5.10 Å². The normalized spacial score (nSPS) is 17.5. The number of hydrogen-bond acceptors (Lipinski definition) is 3. The Labute approximate surface area is 150 Å². The predicted molar refractivity (Wildman–Crippen MR) is 92.0 cm³/mol. The summed E-state index contributed by atoms with van der Waals surface area (Å²) in [6.45, 7) is 1.80. The van der Waals surface area contributed by atoms with Gasteiger partial charge in [-0.1, -0.05) is 12.1 Å². The molecular formula is C19H20FN3O3. The van der Waals surface area contributed by atoms with Crippen molar-refractivity contribution in [2.75, 3.05) is 0 Å². The van der Waals surface area contributed by atoms with Gasteiger partial charge in [0, 0.05) is 11.3 Å². The van der Waals surface area contributed by atoms with Crippen LogP contribution in [-0.4, -0.2) is 32.3 Å². The van der Waals surface area contributed by atoms with Crippen molar-refractivity contribution in [3.8, 4) is 5.69 Å². The minimum absolute atomic E-state index is 0.215. The summed E-state index contributed by atoms with van der Waals surface area (Å²) in [6, 6.07) is 4.81. The zero-order valence-corrected chi connectivity index (χ0v) is 14.5. The molecule has 2 N–H and O–H groups in total. The number of aliphatic carboxylic acids is 1. The molecule has 0 spiro atoms. The predicted octanol–water partition coefficient (Wildman–Crippen LogP) is 2.55. The van der Waals surface area contributed by atoms with E-state index in [1.807, 2.05) is 0 Å². The van der Waals surface area contributed by atoms with E-state index in [4.69, 9.17) is 0 Å². The first kappa shape index (κ1) is 16.8. The molecule has 6 nitrogen and oxygen atoms in total. The van der Waals surface area contributed by atoms with Gasteiger partial charge >= 0.3 is 5.97 Å². The van der Waals surface area contributed by atoms with Crippen LogP contribution in [0.3, 0.4) is 0 Å². The third-order valence-corrected chi connectivity index (χ3v) is 5.51. The van der Waals surface area contributed by atoms with Crippen molar-refractivity contribution < 1.29 is 19.1 Å². The lowest BCUT2D eigenvalue weighted by Crippen LogP contribution is -2.59. The van der Waals surface area contributed by atoms with Crippen LogP contribution in [0.2, 0.25) is 0 Å². The number of carboxylic acids is 1. The maximum Gasteiger partial charge on any atom is 0.329 e. The Morgan fingerprint density at radius 2 is 2.04 bits per heavy atom. The summed E-state index contributed by atoms with van der Waals surface area (Å²) >= 11 is 0. The van der Waals surface area contributed by atoms with E-state index in [9.17, 15) is 19.1 Å². The Bertz CT molecular complexity index is 895. The number of halogens is 1. The number of benzene rings is 1. The van der Waals surface area contributed by atoms with Crippen molar-refractivity contribution in [1.29, 1.82) is 0 Å². The SMILES string of the molecule is Cc1cccc(F)c1-n1nc(C(=O)NC2(C(=O)O)CCC2)c2c1CCC2. The smallest absolute Gasteiger partial charge is 0.329 e. The molecule has 1 amide bonds. The van der Waals surface area contributed by atoms with E-state index in [-0.39, 0.29) is 5.69 Å². The summed E-state index contributed by atoms with van der Waals surface area (Å²) < 4.78 is 15.9. The average Bonchev–Trinajstić information content (AvgIpc) is 3.13. The fraction of sp³-hybridized carbons (Fsp3) is 0.421. The van der Waals surface area contributed by atoms with Crippen LogP contribution in [0.1, 0.15) is 53.0 Å². The monoisotopic (exact) mass is 357 g/mol. The molecule has 2 aliphatic carbocycles. The summed E-state index contributed by atoms with van der Waals surface area (Å²) in [5, 5.41) is 16.5. The van der Waals surface area contributed by atoms with Crippen LogP contribution in [0.25, 0.3) is 5.69 Å². The van der Waals surface area contributed by atoms with E-state index in [1.54, 1.807) is 19.1 Å². The molecule has 0 saturated heterocycles. The van der Waals surface area contributed by atoms with Gasteiger partial charge in [0.1, 0.15) is 17.0 Å². The molecule has 0 radical (unpaired) electrons. The molecule has 4 rings (SSSR count). The molecule has 2 aliphatic rings. The van der Waals surface area contributed by atoms with Crippen LogP contribution < -0.4 is 5.32 Å². The number of nitrogens with zero attached hydrogens (tertiary/aromatic N) is 2. The van der Waals surface area contributed by atoms with Gasteiger partial charge < -0.3 is 10.4 Å². The first-order valence-corrected chi connectivity index (χ1v) is 8.85. The summed E-state index contributed by atoms with van der Waals surface area (Å²) in [5.74, 6) is -1.90. The third kappa shape index (κ3) is 2.41. The van der Waals surface area contributed by atoms with Crippen LogP contribution in [-0.2, 0) is 17.6 Å². The Morgan fingerprint density at radius 1 is 1.27 bits per heavy atom. The molecule has 2 aromatic rings. The van der Waals surface area contributed by atoms with Gasteiger partial charge in [0.2, 0.25) is 0 Å². The van der Waals surface area contributed by atoms with Crippen LogP contribution >= 0.6 is 0 Å². The van der Waals surface area contributed by atoms with Gasteiger partial charge in [-0.25, -0.2) is 13.9 Å². The van der Waals surface area contributed by atoms with Crippen molar-refractivity contribution in [2.24, 2.45) is 0 Å². The van der Waals surface area contributed by atoms with Gasteiger partial charge in [0.05, 0.1) is 0 Å². The highest BCUT2D eigenvalue weighted by Gasteiger charge is 2.46. The summed E-state index contributed by atoms with van der Waals surface area (Å²) in [6.07, 6.45) is 3.88. The molecule has 136 valence electrons. The number of carbonyl (C=O) groups is 2. The first-order chi connectivity index (χ1) is 12.4. The molecule has 1 fully saturated rings. The Kier molecular flexibility index (Phi) is 3.82. The van der Waals surface area contributed by atoms with Crippen LogP contribution in [0.15, 0.2) is 18.2 Å². The number of hydrogen-bond donors (Lipinski definition) is 2. The average molecular weight is 357 g/mol. The zero-order chi connectivity index (χ0) is 18.5. The van der Waals surface area contributed by atoms with Gasteiger partial charge in [0.25, 0.3) is 5.91 Å². The maximum atomic E-state index is 14.4. The first-order valence-electron chi connectivity index (χ1n) is 8.85. The Morgan fingerprint density at radius 3 is 2.65 bits per heavy atom. The minimum atomic E-state index is -1.19. The maximum absolute atomic E-state index is 14.4. The second-order valence-corrected chi connectivity index (χ2v) is 7.14. The minimum Gasteiger partial charge on any atom is -0.480 e. The molecule has 1 aromatic heterocycles. The molecule has 26 heavy (non-hydrogen) atoms. The topological polar surface area (TPSA) is 84.2 Å². The van der Waals surface area contributed by atoms with E-state index < -0.39 is 23.2 Å². The summed E-state index contributed by atoms with van der Waals surface area (Å²) in [7, 11) is 0. The second-order valence-electron chi connectivity index (χ2n) is 7.14. The molecule has 0 aliphatic heterocycles. The van der Waals surface area contributed by atoms with Gasteiger partial charge in [0.15, 0.2) is 5.69 Å². The van der Waals surface area contributed by atoms with Gasteiger partial charge in [-0.3, -0.25) is 4.79 Å². The molecule has 1 aromatic carbocycles. The lowest BCUT2D eigenvalue weighted by Gasteiger charge is -2.38. The lowest BCUT2D eigenvalue weighted by molar-refractivity contribution is -0.148. The number of para-hydroxylation sites is 1. The number of aromatic nitrogens is 2. The van der Waals surface area contributed by atoms with E-state index in [1.165, 1.54) is 10.7 Å². The van der Waals surface area contributed by atoms with Gasteiger partial charge in [-0.05, 0) is 57.1 Å². The van der Waals surface area contributed by atoms with Crippen molar-refractivity contribution in [1.82, 2.24) is 15.1 Å². The summed E-state index contributed by atoms with van der Waals surface area (Å²) in [5.41, 5.74) is 1.73. The van der Waals surface area contributed by atoms with E-state index in [0.29, 0.717) is 31.4 Å². The van der Waals surface area contributed by atoms with Crippen molar-refractivity contribution in [3.63, 3.8) is 0 Å². The lowest BCUT2D eigenvalue weighted by atomic mass is 9.76. The standard InChI is InChI=1S/C19H20FN3O3/c1-11-5-2-7-13(20)16(11)23-14-8-3-6-12(14)15(22-23)17(24)21-19(18(25)26)9-4-10-19/h2,5,7H,3-4,6,8-10H2,1H3,(H,21,24)(H,25,26). The molecule has 1 saturated carbocycles. The fourth-order valence-corrected chi connectivity index (χ4v) is 3.90. The van der Waals surface area contributed by atoms with Crippen LogP contribution in [0, 0.1) is 12.7 Å². The highest BCUT2D eigenvalue weighted by molar-refractivity contribution is 5.98. The number of fused-ring (bicyclic) bond motifs is 1. The van der Waals surface area contributed by atoms with E-state index >= 15 is 0 Å². The summed E-state index contributed by atoms with van der Waals surface area (Å²) in [4.78, 5) is 24.3. The molecule has 0 bridgehead atoms. The second kappa shape index (κ2) is 5.93. The number of carboxylic acid groups (broad SMARTS) is 1. The largest absolute Gasteiger partial charge is 0.480 e. The van der Waals surface area contributed by atoms with Crippen LogP contribution in [0.4, 0.5) is 4.39 Å². The third-order valence-electron chi connectivity index (χ3n) is 5.51. The Balaban J connectivity index is 1.75. The van der Waals surface area contributed by atoms with E-state index in [2.05, 4.69) is 10.4 Å². The molecular weight excluding hydrogens is 337 g/mol. The van der Waals surface area contributed by atoms with E-state index in [0.717, 1.165) is 29.7 Å². The highest BCUT2D eigenvalue weighted by atomic mass is 19.1. The number of carbonyl (C=O) groups excluding carboxylic acids is 1. The van der Waals surface area contributed by atoms with Crippen molar-refractivity contribution in [2.45, 2.75) is 51.0 Å². The number of aryl methyl sites for hydroxylation is 1. The molecule has 7 heteroatoms. The molecule has 1 heterocycles. The zero-order valence-electron chi connectivity index (χ0n) is 14.5. The number of amides is 1. The fourth-order valence-electron chi connectivity index (χ4n) is 3.90. The highest BCUT2D eigenvalue weighted by Crippen LogP contribution is 2.34. The van der Waals surface area contributed by atoms with Crippen LogP contribution in [0.5, 0.6) is 0 Å². The number of nitrogens with one attached hydrogen (secondary N) is 1. The van der Waals surface area contributed by atoms with Gasteiger partial charge in [-0.15, -0.1) is 0 Å². The van der Waals surface area contributed by atoms with Crippen molar-refractivity contribution in [3.05, 3.63) is 46.5 Å². The quantitative estimate of drug-likeness (QED) is 0.881. The van der Waals surface area contributed by atoms with Crippen molar-refractivity contribution >= 4 is 11.9 Å². The molecule has 0 unspecified atom stereocenters. The molecule has 0 atom stereocenters. The number of rotatable bonds is 4. The Hall–Kier alpha value is -2.70.